The van der Waals surface area contributed by atoms with E-state index in [1.54, 1.807) is 12.1 Å². The fourth-order valence-corrected chi connectivity index (χ4v) is 2.71. The third-order valence-corrected chi connectivity index (χ3v) is 3.51. The first kappa shape index (κ1) is 16.2. The van der Waals surface area contributed by atoms with Crippen molar-refractivity contribution in [2.24, 2.45) is 5.92 Å². The first-order valence-corrected chi connectivity index (χ1v) is 7.85. The van der Waals surface area contributed by atoms with Crippen LogP contribution in [0, 0.1) is 11.7 Å². The second-order valence-corrected chi connectivity index (χ2v) is 5.54. The summed E-state index contributed by atoms with van der Waals surface area (Å²) < 4.78 is 13.0. The summed E-state index contributed by atoms with van der Waals surface area (Å²) in [5, 5.41) is 3.89. The Balaban J connectivity index is 2.38. The lowest BCUT2D eigenvalue weighted by Crippen LogP contribution is -2.30. The zero-order valence-electron chi connectivity index (χ0n) is 11.3. The molecule has 0 bridgehead atoms. The van der Waals surface area contributed by atoms with Gasteiger partial charge in [0.25, 0.3) is 0 Å². The smallest absolute Gasteiger partial charge is 0.224 e. The fourth-order valence-electron chi connectivity index (χ4n) is 2.06. The summed E-state index contributed by atoms with van der Waals surface area (Å²) in [5.74, 6) is 0.176. The molecular formula is C15H21BrFNO. The van der Waals surface area contributed by atoms with Crippen LogP contribution in [0.3, 0.4) is 0 Å². The molecule has 1 unspecified atom stereocenters. The summed E-state index contributed by atoms with van der Waals surface area (Å²) in [6, 6.07) is 6.18. The topological polar surface area (TPSA) is 29.1 Å². The number of hydrogen-bond acceptors (Lipinski definition) is 1. The van der Waals surface area contributed by atoms with Crippen LogP contribution in [0.4, 0.5) is 4.39 Å². The van der Waals surface area contributed by atoms with Crippen LogP contribution >= 0.6 is 15.9 Å². The number of halogens is 2. The maximum atomic E-state index is 13.0. The van der Waals surface area contributed by atoms with Gasteiger partial charge in [-0.3, -0.25) is 4.79 Å². The van der Waals surface area contributed by atoms with E-state index in [1.165, 1.54) is 12.1 Å². The van der Waals surface area contributed by atoms with Crippen LogP contribution in [0.1, 0.15) is 31.7 Å². The molecule has 1 amide bonds. The predicted octanol–water partition coefficient (Wildman–Crippen LogP) is 3.69. The number of benzene rings is 1. The number of nitrogens with one attached hydrogen (secondary N) is 1. The van der Waals surface area contributed by atoms with E-state index in [-0.39, 0.29) is 18.1 Å². The first-order chi connectivity index (χ1) is 9.15. The molecule has 0 aromatic heterocycles. The average Bonchev–Trinajstić information content (AvgIpc) is 2.36. The second-order valence-electron chi connectivity index (χ2n) is 4.74. The zero-order valence-corrected chi connectivity index (χ0v) is 12.9. The quantitative estimate of drug-likeness (QED) is 0.724. The Kier molecular flexibility index (Phi) is 7.72. The highest BCUT2D eigenvalue weighted by molar-refractivity contribution is 9.09. The summed E-state index contributed by atoms with van der Waals surface area (Å²) >= 11 is 3.43. The molecule has 2 nitrogen and oxygen atoms in total. The molecule has 4 heteroatoms. The average molecular weight is 330 g/mol. The number of carbonyl (C=O) groups is 1. The number of carbonyl (C=O) groups excluding carboxylic acids is 1. The van der Waals surface area contributed by atoms with E-state index in [2.05, 4.69) is 28.2 Å². The number of alkyl halides is 1. The van der Waals surface area contributed by atoms with Crippen molar-refractivity contribution < 1.29 is 9.18 Å². The Morgan fingerprint density at radius 3 is 2.84 bits per heavy atom. The van der Waals surface area contributed by atoms with E-state index in [4.69, 9.17) is 0 Å². The van der Waals surface area contributed by atoms with Gasteiger partial charge in [-0.15, -0.1) is 0 Å². The molecule has 0 aliphatic heterocycles. The Morgan fingerprint density at radius 2 is 2.21 bits per heavy atom. The molecule has 1 N–H and O–H groups in total. The molecule has 19 heavy (non-hydrogen) atoms. The monoisotopic (exact) mass is 329 g/mol. The minimum absolute atomic E-state index is 0.0405. The van der Waals surface area contributed by atoms with E-state index in [9.17, 15) is 9.18 Å². The Labute approximate surface area is 122 Å². The lowest BCUT2D eigenvalue weighted by atomic mass is 10.0. The van der Waals surface area contributed by atoms with Gasteiger partial charge in [0.15, 0.2) is 0 Å². The Morgan fingerprint density at radius 1 is 1.42 bits per heavy atom. The van der Waals surface area contributed by atoms with Gasteiger partial charge in [-0.1, -0.05) is 41.4 Å². The molecule has 1 aromatic rings. The third-order valence-electron chi connectivity index (χ3n) is 3.06. The molecule has 0 saturated carbocycles. The van der Waals surface area contributed by atoms with E-state index in [0.29, 0.717) is 18.0 Å². The maximum absolute atomic E-state index is 13.0. The number of rotatable bonds is 8. The standard InChI is InChI=1S/C15H21BrFNO/c1-2-4-12(7-8-16)11-18-15(19)10-13-5-3-6-14(17)9-13/h3,5-6,9,12H,2,4,7-8,10-11H2,1H3,(H,18,19). The van der Waals surface area contributed by atoms with Crippen LogP contribution in [0.2, 0.25) is 0 Å². The Bertz CT molecular complexity index is 391. The van der Waals surface area contributed by atoms with Crippen molar-refractivity contribution in [3.63, 3.8) is 0 Å². The van der Waals surface area contributed by atoms with Crippen molar-refractivity contribution in [1.29, 1.82) is 0 Å². The van der Waals surface area contributed by atoms with Crippen molar-refractivity contribution >= 4 is 21.8 Å². The van der Waals surface area contributed by atoms with Crippen molar-refractivity contribution in [3.05, 3.63) is 35.6 Å². The molecule has 0 heterocycles. The van der Waals surface area contributed by atoms with Gasteiger partial charge >= 0.3 is 0 Å². The summed E-state index contributed by atoms with van der Waals surface area (Å²) in [6.07, 6.45) is 3.54. The van der Waals surface area contributed by atoms with Gasteiger partial charge in [0.2, 0.25) is 5.91 Å². The summed E-state index contributed by atoms with van der Waals surface area (Å²) in [5.41, 5.74) is 0.713. The van der Waals surface area contributed by atoms with Crippen LogP contribution in [0.25, 0.3) is 0 Å². The van der Waals surface area contributed by atoms with Crippen LogP contribution in [0.15, 0.2) is 24.3 Å². The van der Waals surface area contributed by atoms with Gasteiger partial charge in [0.1, 0.15) is 5.82 Å². The van der Waals surface area contributed by atoms with Crippen LogP contribution < -0.4 is 5.32 Å². The van der Waals surface area contributed by atoms with Crippen LogP contribution in [-0.2, 0) is 11.2 Å². The molecule has 1 aromatic carbocycles. The lowest BCUT2D eigenvalue weighted by molar-refractivity contribution is -0.120. The van der Waals surface area contributed by atoms with Crippen LogP contribution in [-0.4, -0.2) is 17.8 Å². The maximum Gasteiger partial charge on any atom is 0.224 e. The van der Waals surface area contributed by atoms with E-state index >= 15 is 0 Å². The van der Waals surface area contributed by atoms with Crippen molar-refractivity contribution in [3.8, 4) is 0 Å². The van der Waals surface area contributed by atoms with Gasteiger partial charge in [0, 0.05) is 11.9 Å². The first-order valence-electron chi connectivity index (χ1n) is 6.72. The molecule has 0 fully saturated rings. The van der Waals surface area contributed by atoms with Crippen molar-refractivity contribution in [1.82, 2.24) is 5.32 Å². The zero-order chi connectivity index (χ0) is 14.1. The molecule has 0 radical (unpaired) electrons. The van der Waals surface area contributed by atoms with E-state index in [0.717, 1.165) is 24.6 Å². The Hall–Kier alpha value is -0.900. The van der Waals surface area contributed by atoms with Crippen molar-refractivity contribution in [2.75, 3.05) is 11.9 Å². The second kappa shape index (κ2) is 9.08. The van der Waals surface area contributed by atoms with Crippen molar-refractivity contribution in [2.45, 2.75) is 32.6 Å². The molecule has 1 rings (SSSR count). The van der Waals surface area contributed by atoms with Gasteiger partial charge in [-0.05, 0) is 36.5 Å². The van der Waals surface area contributed by atoms with E-state index in [1.807, 2.05) is 0 Å². The highest BCUT2D eigenvalue weighted by atomic mass is 79.9. The normalized spacial score (nSPS) is 12.2. The molecule has 0 spiro atoms. The lowest BCUT2D eigenvalue weighted by Gasteiger charge is -2.15. The largest absolute Gasteiger partial charge is 0.356 e. The summed E-state index contributed by atoms with van der Waals surface area (Å²) in [4.78, 5) is 11.8. The third kappa shape index (κ3) is 6.71. The SMILES string of the molecule is CCCC(CCBr)CNC(=O)Cc1cccc(F)c1. The molecule has 0 aliphatic carbocycles. The van der Waals surface area contributed by atoms with Gasteiger partial charge < -0.3 is 5.32 Å². The molecule has 106 valence electrons. The van der Waals surface area contributed by atoms with Gasteiger partial charge in [-0.2, -0.15) is 0 Å². The fraction of sp³-hybridized carbons (Fsp3) is 0.533. The summed E-state index contributed by atoms with van der Waals surface area (Å²) in [7, 11) is 0. The number of amides is 1. The number of hydrogen-bond donors (Lipinski definition) is 1. The molecule has 0 aliphatic rings. The highest BCUT2D eigenvalue weighted by Gasteiger charge is 2.10. The molecule has 0 saturated heterocycles. The van der Waals surface area contributed by atoms with Gasteiger partial charge in [0.05, 0.1) is 6.42 Å². The highest BCUT2D eigenvalue weighted by Crippen LogP contribution is 2.11. The van der Waals surface area contributed by atoms with Gasteiger partial charge in [-0.25, -0.2) is 4.39 Å². The minimum atomic E-state index is -0.298. The van der Waals surface area contributed by atoms with Crippen LogP contribution in [0.5, 0.6) is 0 Å². The summed E-state index contributed by atoms with van der Waals surface area (Å²) in [6.45, 7) is 2.85. The minimum Gasteiger partial charge on any atom is -0.356 e. The van der Waals surface area contributed by atoms with E-state index < -0.39 is 0 Å². The predicted molar refractivity (Wildman–Crippen MR) is 79.9 cm³/mol. The molecular weight excluding hydrogens is 309 g/mol. The molecule has 1 atom stereocenters.